The third-order valence-electron chi connectivity index (χ3n) is 4.77. The van der Waals surface area contributed by atoms with Gasteiger partial charge >= 0.3 is 0 Å². The summed E-state index contributed by atoms with van der Waals surface area (Å²) in [6.45, 7) is 2.09. The number of hydroxylamine groups is 1. The number of amides is 1. The van der Waals surface area contributed by atoms with Crippen molar-refractivity contribution >= 4 is 17.4 Å². The number of Topliss-reactive ketones (excluding diaryl/α,β-unsaturated/α-hetero) is 1. The first-order valence-electron chi connectivity index (χ1n) is 7.53. The molecule has 0 N–H and O–H groups in total. The summed E-state index contributed by atoms with van der Waals surface area (Å²) in [5, 5.41) is 1.72. The summed E-state index contributed by atoms with van der Waals surface area (Å²) < 4.78 is 10.5. The van der Waals surface area contributed by atoms with Gasteiger partial charge in [0.1, 0.15) is 0 Å². The van der Waals surface area contributed by atoms with Crippen LogP contribution < -0.4 is 5.06 Å². The number of hydrogen-bond acceptors (Lipinski definition) is 6. The number of rotatable bonds is 3. The van der Waals surface area contributed by atoms with Crippen LogP contribution in [0.4, 0.5) is 5.69 Å². The zero-order valence-electron chi connectivity index (χ0n) is 13.2. The molecule has 4 rings (SSSR count). The summed E-state index contributed by atoms with van der Waals surface area (Å²) in [5.41, 5.74) is 2.13. The molecule has 0 saturated carbocycles. The first-order valence-corrected chi connectivity index (χ1v) is 7.53. The predicted octanol–water partition coefficient (Wildman–Crippen LogP) is 0.894. The number of fused-ring (bicyclic) bond motifs is 6. The molecule has 0 aliphatic carbocycles. The van der Waals surface area contributed by atoms with Gasteiger partial charge in [-0.3, -0.25) is 19.5 Å². The average Bonchev–Trinajstić information content (AvgIpc) is 3.28. The normalized spacial score (nSPS) is 27.8. The molecule has 1 aromatic rings. The van der Waals surface area contributed by atoms with Gasteiger partial charge in [0.25, 0.3) is 0 Å². The Kier molecular flexibility index (Phi) is 3.19. The molecule has 3 unspecified atom stereocenters. The molecule has 1 aromatic carbocycles. The summed E-state index contributed by atoms with van der Waals surface area (Å²) in [6, 6.07) is 5.37. The Morgan fingerprint density at radius 1 is 1.35 bits per heavy atom. The van der Waals surface area contributed by atoms with E-state index >= 15 is 0 Å². The lowest BCUT2D eigenvalue weighted by atomic mass is 9.95. The minimum atomic E-state index is -0.600. The van der Waals surface area contributed by atoms with Crippen LogP contribution in [-0.4, -0.2) is 55.5 Å². The zero-order valence-corrected chi connectivity index (χ0v) is 13.2. The fourth-order valence-electron chi connectivity index (χ4n) is 3.69. The molecule has 7 nitrogen and oxygen atoms in total. The number of carbonyl (C=O) groups is 2. The average molecular weight is 318 g/mol. The Hall–Kier alpha value is -1.96. The van der Waals surface area contributed by atoms with Crippen LogP contribution in [0.15, 0.2) is 18.2 Å². The largest absolute Gasteiger partial charge is 0.352 e. The number of hydrogen-bond donors (Lipinski definition) is 0. The summed E-state index contributed by atoms with van der Waals surface area (Å²) in [7, 11) is 3.12. The van der Waals surface area contributed by atoms with Gasteiger partial charge in [-0.15, -0.1) is 0 Å². The lowest BCUT2D eigenvalue weighted by Gasteiger charge is -2.37. The summed E-state index contributed by atoms with van der Waals surface area (Å²) in [4.78, 5) is 31.9. The van der Waals surface area contributed by atoms with E-state index in [-0.39, 0.29) is 23.8 Å². The van der Waals surface area contributed by atoms with Gasteiger partial charge in [-0.25, -0.2) is 0 Å². The molecule has 2 bridgehead atoms. The maximum Gasteiger partial charge on any atom is 0.220 e. The van der Waals surface area contributed by atoms with Gasteiger partial charge in [-0.1, -0.05) is 6.07 Å². The van der Waals surface area contributed by atoms with E-state index in [1.807, 2.05) is 12.1 Å². The standard InChI is InChI=1S/C16H18N2O5/c1-8(19)18-12-7-17-11-6-9(16(21-2)22-3)4-5-10(11)14(20)15(23-17)13(12)18/h4-6,12-13,15-16H,7H2,1-3H3. The Balaban J connectivity index is 1.71. The fourth-order valence-corrected chi connectivity index (χ4v) is 3.69. The van der Waals surface area contributed by atoms with Gasteiger partial charge in [0, 0.05) is 32.3 Å². The summed E-state index contributed by atoms with van der Waals surface area (Å²) in [6.07, 6.45) is -1.10. The molecular weight excluding hydrogens is 300 g/mol. The third kappa shape index (κ3) is 2.00. The molecule has 1 amide bonds. The van der Waals surface area contributed by atoms with Crippen LogP contribution in [0, 0.1) is 0 Å². The molecule has 0 radical (unpaired) electrons. The van der Waals surface area contributed by atoms with E-state index in [9.17, 15) is 9.59 Å². The number of ether oxygens (including phenoxy) is 2. The summed E-state index contributed by atoms with van der Waals surface area (Å²) in [5.74, 6) is -0.0960. The van der Waals surface area contributed by atoms with E-state index in [1.54, 1.807) is 30.2 Å². The second-order valence-corrected chi connectivity index (χ2v) is 6.02. The quantitative estimate of drug-likeness (QED) is 0.609. The molecule has 7 heteroatoms. The van der Waals surface area contributed by atoms with Gasteiger partial charge in [-0.2, -0.15) is 0 Å². The molecule has 122 valence electrons. The van der Waals surface area contributed by atoms with Crippen LogP contribution in [-0.2, 0) is 19.1 Å². The first-order chi connectivity index (χ1) is 11.1. The van der Waals surface area contributed by atoms with E-state index in [2.05, 4.69) is 0 Å². The van der Waals surface area contributed by atoms with Crippen molar-refractivity contribution < 1.29 is 23.9 Å². The van der Waals surface area contributed by atoms with E-state index in [0.29, 0.717) is 17.8 Å². The van der Waals surface area contributed by atoms with Crippen molar-refractivity contribution in [2.75, 3.05) is 25.8 Å². The summed E-state index contributed by atoms with van der Waals surface area (Å²) >= 11 is 0. The number of carbonyl (C=O) groups excluding carboxylic acids is 2. The molecule has 2 fully saturated rings. The van der Waals surface area contributed by atoms with Crippen LogP contribution >= 0.6 is 0 Å². The van der Waals surface area contributed by atoms with Crippen LogP contribution in [0.5, 0.6) is 0 Å². The molecule has 23 heavy (non-hydrogen) atoms. The highest BCUT2D eigenvalue weighted by Crippen LogP contribution is 2.45. The molecule has 2 saturated heterocycles. The Morgan fingerprint density at radius 3 is 2.74 bits per heavy atom. The Bertz CT molecular complexity index is 687. The molecule has 0 aromatic heterocycles. The second-order valence-electron chi connectivity index (χ2n) is 6.02. The van der Waals surface area contributed by atoms with Crippen molar-refractivity contribution in [2.45, 2.75) is 31.4 Å². The van der Waals surface area contributed by atoms with E-state index in [4.69, 9.17) is 14.3 Å². The number of ketones is 1. The molecular formula is C16H18N2O5. The van der Waals surface area contributed by atoms with Crippen molar-refractivity contribution in [1.82, 2.24) is 4.90 Å². The number of methoxy groups -OCH3 is 2. The Morgan fingerprint density at radius 2 is 2.09 bits per heavy atom. The highest BCUT2D eigenvalue weighted by atomic mass is 16.7. The van der Waals surface area contributed by atoms with Crippen LogP contribution in [0.2, 0.25) is 0 Å². The van der Waals surface area contributed by atoms with Crippen molar-refractivity contribution in [3.63, 3.8) is 0 Å². The van der Waals surface area contributed by atoms with Crippen LogP contribution in [0.25, 0.3) is 0 Å². The number of anilines is 1. The van der Waals surface area contributed by atoms with E-state index in [0.717, 1.165) is 5.56 Å². The molecule has 0 spiro atoms. The van der Waals surface area contributed by atoms with E-state index in [1.165, 1.54) is 6.92 Å². The van der Waals surface area contributed by atoms with Gasteiger partial charge in [-0.05, 0) is 12.1 Å². The van der Waals surface area contributed by atoms with Crippen LogP contribution in [0.1, 0.15) is 29.1 Å². The Labute approximate surface area is 133 Å². The smallest absolute Gasteiger partial charge is 0.220 e. The van der Waals surface area contributed by atoms with Crippen LogP contribution in [0.3, 0.4) is 0 Å². The third-order valence-corrected chi connectivity index (χ3v) is 4.77. The molecule has 3 aliphatic rings. The predicted molar refractivity (Wildman–Crippen MR) is 79.8 cm³/mol. The topological polar surface area (TPSA) is 68.1 Å². The molecule has 3 heterocycles. The van der Waals surface area contributed by atoms with Gasteiger partial charge in [0.05, 0.1) is 24.3 Å². The maximum absolute atomic E-state index is 12.7. The highest BCUT2D eigenvalue weighted by molar-refractivity contribution is 6.07. The first kappa shape index (κ1) is 14.6. The monoisotopic (exact) mass is 318 g/mol. The zero-order chi connectivity index (χ0) is 16.3. The number of benzene rings is 1. The van der Waals surface area contributed by atoms with Gasteiger partial charge in [0.2, 0.25) is 5.91 Å². The van der Waals surface area contributed by atoms with Gasteiger partial charge in [0.15, 0.2) is 18.2 Å². The minimum absolute atomic E-state index is 0.0197. The lowest BCUT2D eigenvalue weighted by molar-refractivity contribution is -0.124. The van der Waals surface area contributed by atoms with Crippen molar-refractivity contribution in [1.29, 1.82) is 0 Å². The molecule has 3 atom stereocenters. The highest BCUT2D eigenvalue weighted by Gasteiger charge is 2.62. The second kappa shape index (κ2) is 5.02. The van der Waals surface area contributed by atoms with Gasteiger partial charge < -0.3 is 14.4 Å². The van der Waals surface area contributed by atoms with Crippen molar-refractivity contribution in [3.8, 4) is 0 Å². The van der Waals surface area contributed by atoms with E-state index < -0.39 is 12.4 Å². The molecule has 3 aliphatic heterocycles. The van der Waals surface area contributed by atoms with Crippen molar-refractivity contribution in [2.24, 2.45) is 0 Å². The maximum atomic E-state index is 12.7. The number of nitrogens with zero attached hydrogens (tertiary/aromatic N) is 2. The lowest BCUT2D eigenvalue weighted by Crippen LogP contribution is -2.49. The minimum Gasteiger partial charge on any atom is -0.352 e. The van der Waals surface area contributed by atoms with Crippen molar-refractivity contribution in [3.05, 3.63) is 29.3 Å². The fraction of sp³-hybridized carbons (Fsp3) is 0.500. The SMILES string of the molecule is COC(OC)c1ccc2c(c1)N1CC3C(C(O1)C2=O)N3C(C)=O.